The Morgan fingerprint density at radius 3 is 2.90 bits per heavy atom. The van der Waals surface area contributed by atoms with Gasteiger partial charge in [0.25, 0.3) is 0 Å². The maximum atomic E-state index is 14.2. The van der Waals surface area contributed by atoms with Gasteiger partial charge in [-0.3, -0.25) is 5.84 Å². The van der Waals surface area contributed by atoms with Gasteiger partial charge in [0.2, 0.25) is 0 Å². The normalized spacial score (nSPS) is 12.4. The van der Waals surface area contributed by atoms with Gasteiger partial charge in [-0.2, -0.15) is 0 Å². The number of rotatable bonds is 6. The summed E-state index contributed by atoms with van der Waals surface area (Å²) < 4.78 is 21.1. The summed E-state index contributed by atoms with van der Waals surface area (Å²) in [6.07, 6.45) is 4.52. The van der Waals surface area contributed by atoms with Crippen LogP contribution < -0.4 is 16.0 Å². The first-order valence-electron chi connectivity index (χ1n) is 6.51. The maximum absolute atomic E-state index is 14.2. The fourth-order valence-corrected chi connectivity index (χ4v) is 2.18. The van der Waals surface area contributed by atoms with Gasteiger partial charge >= 0.3 is 0 Å². The van der Waals surface area contributed by atoms with Crippen LogP contribution in [0.15, 0.2) is 30.6 Å². The summed E-state index contributed by atoms with van der Waals surface area (Å²) in [7, 11) is 1.50. The maximum Gasteiger partial charge on any atom is 0.132 e. The van der Waals surface area contributed by atoms with Gasteiger partial charge in [0.05, 0.1) is 7.11 Å². The van der Waals surface area contributed by atoms with Crippen molar-refractivity contribution >= 4 is 0 Å². The molecule has 3 N–H and O–H groups in total. The topological polar surface area (TPSA) is 65.1 Å². The predicted octanol–water partition coefficient (Wildman–Crippen LogP) is 1.99. The third-order valence-electron chi connectivity index (χ3n) is 3.16. The van der Waals surface area contributed by atoms with Crippen molar-refractivity contribution in [1.29, 1.82) is 0 Å². The monoisotopic (exact) mass is 278 g/mol. The minimum atomic E-state index is -0.498. The number of aromatic nitrogens is 2. The van der Waals surface area contributed by atoms with E-state index >= 15 is 0 Å². The number of hydrogen-bond acceptors (Lipinski definition) is 4. The first-order chi connectivity index (χ1) is 9.71. The number of imidazole rings is 1. The van der Waals surface area contributed by atoms with Crippen LogP contribution in [0, 0.1) is 5.82 Å². The highest BCUT2D eigenvalue weighted by Crippen LogP contribution is 2.25. The Hall–Kier alpha value is -1.92. The Kier molecular flexibility index (Phi) is 4.70. The van der Waals surface area contributed by atoms with E-state index in [1.165, 1.54) is 13.2 Å². The first kappa shape index (κ1) is 14.5. The molecule has 0 aliphatic rings. The number of nitrogens with two attached hydrogens (primary N) is 1. The first-order valence-corrected chi connectivity index (χ1v) is 6.51. The second kappa shape index (κ2) is 6.49. The molecular weight excluding hydrogens is 259 g/mol. The predicted molar refractivity (Wildman–Crippen MR) is 74.6 cm³/mol. The minimum absolute atomic E-state index is 0.377. The Bertz CT molecular complexity index is 570. The largest absolute Gasteiger partial charge is 0.497 e. The smallest absolute Gasteiger partial charge is 0.132 e. The van der Waals surface area contributed by atoms with Crippen molar-refractivity contribution in [2.45, 2.75) is 25.9 Å². The van der Waals surface area contributed by atoms with Gasteiger partial charge in [-0.05, 0) is 12.5 Å². The molecule has 1 heterocycles. The molecule has 1 aromatic heterocycles. The Morgan fingerprint density at radius 1 is 1.50 bits per heavy atom. The highest BCUT2D eigenvalue weighted by molar-refractivity contribution is 5.33. The molecule has 0 spiro atoms. The van der Waals surface area contributed by atoms with Crippen LogP contribution in [0.3, 0.4) is 0 Å². The quantitative estimate of drug-likeness (QED) is 0.626. The zero-order chi connectivity index (χ0) is 14.5. The molecule has 5 nitrogen and oxygen atoms in total. The molecule has 0 saturated heterocycles. The second-order valence-electron chi connectivity index (χ2n) is 4.47. The number of benzene rings is 1. The number of hydrazine groups is 1. The molecule has 2 aromatic rings. The molecule has 0 fully saturated rings. The molecular formula is C14H19FN4O. The molecule has 1 atom stereocenters. The van der Waals surface area contributed by atoms with Crippen molar-refractivity contribution in [2.24, 2.45) is 5.84 Å². The van der Waals surface area contributed by atoms with Crippen LogP contribution >= 0.6 is 0 Å². The van der Waals surface area contributed by atoms with E-state index in [1.807, 2.05) is 10.8 Å². The number of halogens is 1. The molecule has 2 rings (SSSR count). The van der Waals surface area contributed by atoms with E-state index in [-0.39, 0.29) is 5.82 Å². The second-order valence-corrected chi connectivity index (χ2v) is 4.47. The van der Waals surface area contributed by atoms with Crippen molar-refractivity contribution in [2.75, 3.05) is 7.11 Å². The summed E-state index contributed by atoms with van der Waals surface area (Å²) >= 11 is 0. The fourth-order valence-electron chi connectivity index (χ4n) is 2.18. The van der Waals surface area contributed by atoms with Gasteiger partial charge in [0, 0.05) is 30.6 Å². The molecule has 6 heteroatoms. The Balaban J connectivity index is 2.39. The van der Waals surface area contributed by atoms with Crippen LogP contribution in [-0.2, 0) is 6.54 Å². The highest BCUT2D eigenvalue weighted by atomic mass is 19.1. The third kappa shape index (κ3) is 2.81. The van der Waals surface area contributed by atoms with Crippen molar-refractivity contribution in [3.8, 4) is 5.75 Å². The van der Waals surface area contributed by atoms with Gasteiger partial charge < -0.3 is 9.30 Å². The molecule has 20 heavy (non-hydrogen) atoms. The average molecular weight is 278 g/mol. The number of aryl methyl sites for hydroxylation is 1. The van der Waals surface area contributed by atoms with E-state index < -0.39 is 6.04 Å². The van der Waals surface area contributed by atoms with E-state index in [9.17, 15) is 4.39 Å². The fraction of sp³-hybridized carbons (Fsp3) is 0.357. The molecule has 1 unspecified atom stereocenters. The number of nitrogens with zero attached hydrogens (tertiary/aromatic N) is 2. The highest BCUT2D eigenvalue weighted by Gasteiger charge is 2.21. The zero-order valence-electron chi connectivity index (χ0n) is 11.6. The van der Waals surface area contributed by atoms with E-state index in [0.717, 1.165) is 13.0 Å². The van der Waals surface area contributed by atoms with Gasteiger partial charge in [-0.25, -0.2) is 14.8 Å². The lowest BCUT2D eigenvalue weighted by molar-refractivity contribution is 0.409. The van der Waals surface area contributed by atoms with Crippen LogP contribution in [0.4, 0.5) is 4.39 Å². The van der Waals surface area contributed by atoms with Crippen LogP contribution in [0.2, 0.25) is 0 Å². The molecule has 0 amide bonds. The summed E-state index contributed by atoms with van der Waals surface area (Å²) in [5.41, 5.74) is 3.08. The zero-order valence-corrected chi connectivity index (χ0v) is 11.6. The van der Waals surface area contributed by atoms with E-state index in [0.29, 0.717) is 17.1 Å². The van der Waals surface area contributed by atoms with Gasteiger partial charge in [0.1, 0.15) is 23.4 Å². The molecule has 0 aliphatic carbocycles. The van der Waals surface area contributed by atoms with E-state index in [2.05, 4.69) is 17.3 Å². The number of ether oxygens (including phenoxy) is 1. The standard InChI is InChI=1S/C14H19FN4O/c1-3-7-19-8-6-17-14(19)13(18-16)11-5-4-10(20-2)9-12(11)15/h4-6,8-9,13,18H,3,7,16H2,1-2H3. The molecule has 0 saturated carbocycles. The van der Waals surface area contributed by atoms with Crippen LogP contribution in [-0.4, -0.2) is 16.7 Å². The molecule has 0 bridgehead atoms. The molecule has 1 aromatic carbocycles. The van der Waals surface area contributed by atoms with Crippen molar-refractivity contribution in [3.05, 3.63) is 47.8 Å². The molecule has 0 aliphatic heterocycles. The SMILES string of the molecule is CCCn1ccnc1C(NN)c1ccc(OC)cc1F. The van der Waals surface area contributed by atoms with Crippen molar-refractivity contribution in [1.82, 2.24) is 15.0 Å². The van der Waals surface area contributed by atoms with Gasteiger partial charge in [0.15, 0.2) is 0 Å². The summed E-state index contributed by atoms with van der Waals surface area (Å²) in [4.78, 5) is 4.29. The summed E-state index contributed by atoms with van der Waals surface area (Å²) in [5, 5.41) is 0. The lowest BCUT2D eigenvalue weighted by Gasteiger charge is -2.18. The number of nitrogens with one attached hydrogen (secondary N) is 1. The summed E-state index contributed by atoms with van der Waals surface area (Å²) in [5.74, 6) is 6.39. The van der Waals surface area contributed by atoms with Crippen LogP contribution in [0.5, 0.6) is 5.75 Å². The summed E-state index contributed by atoms with van der Waals surface area (Å²) in [6, 6.07) is 4.20. The lowest BCUT2D eigenvalue weighted by atomic mass is 10.1. The Labute approximate surface area is 117 Å². The van der Waals surface area contributed by atoms with E-state index in [1.54, 1.807) is 18.3 Å². The van der Waals surface area contributed by atoms with Crippen LogP contribution in [0.1, 0.15) is 30.8 Å². The summed E-state index contributed by atoms with van der Waals surface area (Å²) in [6.45, 7) is 2.88. The molecule has 108 valence electrons. The average Bonchev–Trinajstić information content (AvgIpc) is 2.90. The lowest BCUT2D eigenvalue weighted by Crippen LogP contribution is -2.31. The molecule has 0 radical (unpaired) electrons. The number of methoxy groups -OCH3 is 1. The van der Waals surface area contributed by atoms with Crippen molar-refractivity contribution < 1.29 is 9.13 Å². The van der Waals surface area contributed by atoms with Crippen molar-refractivity contribution in [3.63, 3.8) is 0 Å². The Morgan fingerprint density at radius 2 is 2.30 bits per heavy atom. The van der Waals surface area contributed by atoms with Gasteiger partial charge in [-0.15, -0.1) is 0 Å². The van der Waals surface area contributed by atoms with Gasteiger partial charge in [-0.1, -0.05) is 13.0 Å². The minimum Gasteiger partial charge on any atom is -0.497 e. The van der Waals surface area contributed by atoms with E-state index in [4.69, 9.17) is 10.6 Å². The third-order valence-corrected chi connectivity index (χ3v) is 3.16. The number of hydrogen-bond donors (Lipinski definition) is 2. The van der Waals surface area contributed by atoms with Crippen LogP contribution in [0.25, 0.3) is 0 Å².